The number of thioether (sulfide) groups is 1. The molecular formula is C21H23FN4O2S. The molecule has 0 atom stereocenters. The molecule has 152 valence electrons. The third kappa shape index (κ3) is 5.14. The number of amides is 1. The second kappa shape index (κ2) is 9.56. The number of nitrogens with zero attached hydrogens (tertiary/aromatic N) is 3. The quantitative estimate of drug-likeness (QED) is 0.562. The highest BCUT2D eigenvalue weighted by Gasteiger charge is 2.19. The number of carbonyl (C=O) groups is 1. The topological polar surface area (TPSA) is 69.0 Å². The van der Waals surface area contributed by atoms with Gasteiger partial charge in [0.05, 0.1) is 18.0 Å². The maximum Gasteiger partial charge on any atom is 0.230 e. The lowest BCUT2D eigenvalue weighted by Gasteiger charge is -2.12. The fourth-order valence-electron chi connectivity index (χ4n) is 2.76. The third-order valence-electron chi connectivity index (χ3n) is 3.93. The van der Waals surface area contributed by atoms with Gasteiger partial charge in [0.2, 0.25) is 5.91 Å². The zero-order chi connectivity index (χ0) is 20.8. The molecule has 8 heteroatoms. The van der Waals surface area contributed by atoms with E-state index >= 15 is 0 Å². The number of rotatable bonds is 8. The number of para-hydroxylation sites is 1. The molecule has 0 unspecified atom stereocenters. The van der Waals surface area contributed by atoms with E-state index in [1.807, 2.05) is 45.0 Å². The summed E-state index contributed by atoms with van der Waals surface area (Å²) in [7, 11) is 0. The fourth-order valence-corrected chi connectivity index (χ4v) is 3.52. The van der Waals surface area contributed by atoms with Crippen molar-refractivity contribution >= 4 is 17.7 Å². The second-order valence-electron chi connectivity index (χ2n) is 6.56. The lowest BCUT2D eigenvalue weighted by molar-refractivity contribution is -0.119. The normalized spacial score (nSPS) is 10.9. The van der Waals surface area contributed by atoms with E-state index in [0.717, 1.165) is 11.3 Å². The first-order valence-corrected chi connectivity index (χ1v) is 10.3. The Morgan fingerprint density at radius 3 is 2.55 bits per heavy atom. The van der Waals surface area contributed by atoms with Crippen molar-refractivity contribution < 1.29 is 13.9 Å². The molecule has 1 N–H and O–H groups in total. The molecule has 3 rings (SSSR count). The lowest BCUT2D eigenvalue weighted by Crippen LogP contribution is -2.31. The van der Waals surface area contributed by atoms with Gasteiger partial charge in [-0.15, -0.1) is 10.2 Å². The van der Waals surface area contributed by atoms with E-state index in [0.29, 0.717) is 23.3 Å². The molecule has 1 aromatic heterocycles. The van der Waals surface area contributed by atoms with Crippen molar-refractivity contribution in [1.29, 1.82) is 0 Å². The highest BCUT2D eigenvalue weighted by atomic mass is 32.2. The van der Waals surface area contributed by atoms with Crippen LogP contribution in [0.25, 0.3) is 17.1 Å². The minimum absolute atomic E-state index is 0.0481. The summed E-state index contributed by atoms with van der Waals surface area (Å²) in [5, 5.41) is 11.8. The molecular weight excluding hydrogens is 391 g/mol. The van der Waals surface area contributed by atoms with Gasteiger partial charge in [0.25, 0.3) is 0 Å². The molecule has 0 bridgehead atoms. The van der Waals surface area contributed by atoms with Crippen molar-refractivity contribution in [2.24, 2.45) is 0 Å². The van der Waals surface area contributed by atoms with E-state index in [9.17, 15) is 9.18 Å². The van der Waals surface area contributed by atoms with Crippen LogP contribution in [0.5, 0.6) is 5.75 Å². The summed E-state index contributed by atoms with van der Waals surface area (Å²) in [4.78, 5) is 12.0. The molecule has 0 saturated heterocycles. The molecule has 0 spiro atoms. The second-order valence-corrected chi connectivity index (χ2v) is 7.50. The van der Waals surface area contributed by atoms with E-state index < -0.39 is 5.82 Å². The zero-order valence-corrected chi connectivity index (χ0v) is 17.4. The smallest absolute Gasteiger partial charge is 0.230 e. The Bertz CT molecular complexity index is 973. The molecule has 0 fully saturated rings. The van der Waals surface area contributed by atoms with Gasteiger partial charge in [-0.3, -0.25) is 9.36 Å². The highest BCUT2D eigenvalue weighted by Crippen LogP contribution is 2.30. The molecule has 29 heavy (non-hydrogen) atoms. The van der Waals surface area contributed by atoms with E-state index in [1.54, 1.807) is 22.8 Å². The third-order valence-corrected chi connectivity index (χ3v) is 4.86. The van der Waals surface area contributed by atoms with Crippen LogP contribution in [0.1, 0.15) is 20.8 Å². The molecule has 0 aliphatic rings. The van der Waals surface area contributed by atoms with Gasteiger partial charge in [-0.25, -0.2) is 4.39 Å². The number of benzene rings is 2. The zero-order valence-electron chi connectivity index (χ0n) is 16.6. The van der Waals surface area contributed by atoms with Crippen molar-refractivity contribution in [2.75, 3.05) is 12.4 Å². The average molecular weight is 415 g/mol. The van der Waals surface area contributed by atoms with Crippen molar-refractivity contribution in [3.8, 4) is 22.8 Å². The first-order chi connectivity index (χ1) is 14.0. The van der Waals surface area contributed by atoms with Gasteiger partial charge >= 0.3 is 0 Å². The van der Waals surface area contributed by atoms with Gasteiger partial charge < -0.3 is 10.1 Å². The fraction of sp³-hybridized carbons (Fsp3) is 0.286. The van der Waals surface area contributed by atoms with Gasteiger partial charge in [-0.1, -0.05) is 23.9 Å². The van der Waals surface area contributed by atoms with Gasteiger partial charge in [0.15, 0.2) is 11.0 Å². The largest absolute Gasteiger partial charge is 0.494 e. The monoisotopic (exact) mass is 414 g/mol. The summed E-state index contributed by atoms with van der Waals surface area (Å²) in [5.41, 5.74) is 1.09. The van der Waals surface area contributed by atoms with E-state index in [1.165, 1.54) is 17.8 Å². The Kier molecular flexibility index (Phi) is 6.87. The molecule has 1 amide bonds. The Morgan fingerprint density at radius 1 is 1.17 bits per heavy atom. The highest BCUT2D eigenvalue weighted by molar-refractivity contribution is 7.99. The maximum atomic E-state index is 14.6. The van der Waals surface area contributed by atoms with Gasteiger partial charge in [-0.2, -0.15) is 0 Å². The van der Waals surface area contributed by atoms with E-state index in [-0.39, 0.29) is 17.7 Å². The van der Waals surface area contributed by atoms with E-state index in [4.69, 9.17) is 4.74 Å². The molecule has 1 heterocycles. The van der Waals surface area contributed by atoms with Gasteiger partial charge in [0.1, 0.15) is 11.6 Å². The van der Waals surface area contributed by atoms with Crippen LogP contribution in [0.15, 0.2) is 53.7 Å². The van der Waals surface area contributed by atoms with Crippen molar-refractivity contribution in [3.05, 3.63) is 54.3 Å². The molecule has 0 aliphatic carbocycles. The van der Waals surface area contributed by atoms with Crippen LogP contribution in [0.3, 0.4) is 0 Å². The van der Waals surface area contributed by atoms with E-state index in [2.05, 4.69) is 15.5 Å². The van der Waals surface area contributed by atoms with Crippen LogP contribution >= 0.6 is 11.8 Å². The molecule has 6 nitrogen and oxygen atoms in total. The summed E-state index contributed by atoms with van der Waals surface area (Å²) >= 11 is 1.21. The van der Waals surface area contributed by atoms with Crippen LogP contribution in [0.2, 0.25) is 0 Å². The standard InChI is InChI=1S/C21H23FN4O2S/c1-4-28-16-11-9-15(10-12-16)20-24-25-21(29-13-19(27)23-14(2)3)26(20)18-8-6-5-7-17(18)22/h5-12,14H,4,13H2,1-3H3,(H,23,27). The summed E-state index contributed by atoms with van der Waals surface area (Å²) in [6.45, 7) is 6.29. The Hall–Kier alpha value is -2.87. The number of aromatic nitrogens is 3. The molecule has 2 aromatic carbocycles. The summed E-state index contributed by atoms with van der Waals surface area (Å²) in [5.74, 6) is 0.885. The number of halogens is 1. The predicted molar refractivity (Wildman–Crippen MR) is 112 cm³/mol. The van der Waals surface area contributed by atoms with Crippen molar-refractivity contribution in [1.82, 2.24) is 20.1 Å². The molecule has 3 aromatic rings. The van der Waals surface area contributed by atoms with Crippen LogP contribution < -0.4 is 10.1 Å². The van der Waals surface area contributed by atoms with Crippen LogP contribution in [-0.4, -0.2) is 39.1 Å². The van der Waals surface area contributed by atoms with Gasteiger partial charge in [-0.05, 0) is 57.2 Å². The van der Waals surface area contributed by atoms with Crippen LogP contribution in [-0.2, 0) is 4.79 Å². The predicted octanol–water partition coefficient (Wildman–Crippen LogP) is 4.09. The summed E-state index contributed by atoms with van der Waals surface area (Å²) in [6, 6.07) is 13.9. The number of nitrogens with one attached hydrogen (secondary N) is 1. The SMILES string of the molecule is CCOc1ccc(-c2nnc(SCC(=O)NC(C)C)n2-c2ccccc2F)cc1. The van der Waals surface area contributed by atoms with Crippen LogP contribution in [0, 0.1) is 5.82 Å². The van der Waals surface area contributed by atoms with Gasteiger partial charge in [0, 0.05) is 11.6 Å². The Balaban J connectivity index is 1.97. The summed E-state index contributed by atoms with van der Waals surface area (Å²) < 4.78 is 21.7. The van der Waals surface area contributed by atoms with Crippen LogP contribution in [0.4, 0.5) is 4.39 Å². The number of ether oxygens (including phenoxy) is 1. The summed E-state index contributed by atoms with van der Waals surface area (Å²) in [6.07, 6.45) is 0. The van der Waals surface area contributed by atoms with Crippen molar-refractivity contribution in [2.45, 2.75) is 32.0 Å². The number of carbonyl (C=O) groups excluding carboxylic acids is 1. The number of hydrogen-bond donors (Lipinski definition) is 1. The molecule has 0 aliphatic heterocycles. The average Bonchev–Trinajstić information content (AvgIpc) is 3.11. The van der Waals surface area contributed by atoms with Crippen molar-refractivity contribution in [3.63, 3.8) is 0 Å². The first-order valence-electron chi connectivity index (χ1n) is 9.35. The molecule has 0 saturated carbocycles. The molecule has 0 radical (unpaired) electrons. The first kappa shape index (κ1) is 20.9. The Labute approximate surface area is 173 Å². The lowest BCUT2D eigenvalue weighted by atomic mass is 10.2. The minimum Gasteiger partial charge on any atom is -0.494 e. The Morgan fingerprint density at radius 2 is 1.90 bits per heavy atom. The number of hydrogen-bond acceptors (Lipinski definition) is 5. The minimum atomic E-state index is -0.395. The maximum absolute atomic E-state index is 14.6.